The van der Waals surface area contributed by atoms with Gasteiger partial charge in [0, 0.05) is 36.6 Å². The number of carbonyl (C=O) groups excluding carboxylic acids is 4. The highest BCUT2D eigenvalue weighted by atomic mass is 16.7. The number of H-pyrrole nitrogens is 2. The molecular formula is C35H44N2O10. The molecule has 2 aliphatic carbocycles. The summed E-state index contributed by atoms with van der Waals surface area (Å²) in [5, 5.41) is 0. The lowest BCUT2D eigenvalue weighted by atomic mass is 9.89. The Balaban J connectivity index is 0.000000185. The number of nitrogens with one attached hydrogen (secondary N) is 2. The smallest absolute Gasteiger partial charge is 0.357 e. The molecule has 0 saturated heterocycles. The molecule has 2 atom stereocenters. The van der Waals surface area contributed by atoms with Crippen LogP contribution in [0.1, 0.15) is 112 Å². The van der Waals surface area contributed by atoms with Gasteiger partial charge in [0.25, 0.3) is 0 Å². The van der Waals surface area contributed by atoms with E-state index >= 15 is 0 Å². The van der Waals surface area contributed by atoms with E-state index in [-0.39, 0.29) is 41.1 Å². The second kappa shape index (κ2) is 15.9. The van der Waals surface area contributed by atoms with Crippen LogP contribution in [0.2, 0.25) is 0 Å². The third-order valence-electron chi connectivity index (χ3n) is 8.62. The SMILES string of the molecule is CC(C)C(OC(=O)c1cc2occc2[nH]1)OC(=O)C1CCCCC1.CCC(OC(=O)c1cc2occc2[nH]1)OC(=O)C1CCCCC1. The summed E-state index contributed by atoms with van der Waals surface area (Å²) in [5.41, 5.74) is 3.19. The van der Waals surface area contributed by atoms with Crippen molar-refractivity contribution >= 4 is 46.1 Å². The number of fused-ring (bicyclic) bond motifs is 2. The van der Waals surface area contributed by atoms with Crippen LogP contribution in [-0.2, 0) is 28.5 Å². The van der Waals surface area contributed by atoms with Crippen molar-refractivity contribution in [3.05, 3.63) is 48.2 Å². The fourth-order valence-corrected chi connectivity index (χ4v) is 5.87. The molecule has 254 valence electrons. The van der Waals surface area contributed by atoms with E-state index in [9.17, 15) is 19.2 Å². The molecule has 4 aromatic rings. The van der Waals surface area contributed by atoms with Gasteiger partial charge in [-0.05, 0) is 25.7 Å². The lowest BCUT2D eigenvalue weighted by Crippen LogP contribution is -2.32. The van der Waals surface area contributed by atoms with Crippen LogP contribution in [0.4, 0.5) is 0 Å². The first-order chi connectivity index (χ1) is 22.7. The summed E-state index contributed by atoms with van der Waals surface area (Å²) in [6.45, 7) is 5.52. The van der Waals surface area contributed by atoms with Crippen LogP contribution in [0.5, 0.6) is 0 Å². The summed E-state index contributed by atoms with van der Waals surface area (Å²) in [7, 11) is 0. The highest BCUT2D eigenvalue weighted by molar-refractivity contribution is 5.94. The van der Waals surface area contributed by atoms with Crippen molar-refractivity contribution in [2.24, 2.45) is 17.8 Å². The van der Waals surface area contributed by atoms with Crippen LogP contribution in [0, 0.1) is 17.8 Å². The van der Waals surface area contributed by atoms with Gasteiger partial charge in [0.2, 0.25) is 12.6 Å². The number of aromatic nitrogens is 2. The molecule has 2 saturated carbocycles. The van der Waals surface area contributed by atoms with Gasteiger partial charge in [0.15, 0.2) is 11.2 Å². The molecule has 2 N–H and O–H groups in total. The molecule has 0 spiro atoms. The van der Waals surface area contributed by atoms with E-state index in [0.29, 0.717) is 17.6 Å². The van der Waals surface area contributed by atoms with Crippen LogP contribution in [-0.4, -0.2) is 46.4 Å². The van der Waals surface area contributed by atoms with Gasteiger partial charge in [-0.15, -0.1) is 0 Å². The second-order valence-electron chi connectivity index (χ2n) is 12.6. The highest BCUT2D eigenvalue weighted by Gasteiger charge is 2.30. The Morgan fingerprint density at radius 2 is 1.17 bits per heavy atom. The van der Waals surface area contributed by atoms with Crippen molar-refractivity contribution in [1.29, 1.82) is 0 Å². The highest BCUT2D eigenvalue weighted by Crippen LogP contribution is 2.27. The molecule has 0 amide bonds. The molecule has 12 nitrogen and oxygen atoms in total. The van der Waals surface area contributed by atoms with Crippen LogP contribution in [0.15, 0.2) is 45.6 Å². The van der Waals surface area contributed by atoms with Crippen molar-refractivity contribution in [1.82, 2.24) is 9.97 Å². The standard InChI is InChI=1S/C18H23NO5.C17H21NO5/c1-11(2)18(23-16(20)12-6-4-3-5-7-12)24-17(21)14-10-15-13(19-14)8-9-22-15;1-2-15(22-16(19)11-6-4-3-5-7-11)23-17(20)13-10-14-12(18-13)8-9-21-14/h8-12,18-19H,3-7H2,1-2H3;8-11,15,18H,2-7H2,1H3. The summed E-state index contributed by atoms with van der Waals surface area (Å²) < 4.78 is 32.0. The minimum absolute atomic E-state index is 0.0654. The number of rotatable bonds is 10. The molecule has 4 heterocycles. The molecule has 2 aliphatic rings. The average molecular weight is 653 g/mol. The first kappa shape index (κ1) is 33.9. The Morgan fingerprint density at radius 3 is 1.62 bits per heavy atom. The van der Waals surface area contributed by atoms with Gasteiger partial charge in [0.1, 0.15) is 11.4 Å². The maximum atomic E-state index is 12.3. The zero-order valence-corrected chi connectivity index (χ0v) is 27.2. The predicted octanol–water partition coefficient (Wildman–Crippen LogP) is 7.80. The third kappa shape index (κ3) is 8.87. The molecule has 2 fully saturated rings. The van der Waals surface area contributed by atoms with Gasteiger partial charge < -0.3 is 37.7 Å². The van der Waals surface area contributed by atoms with Crippen molar-refractivity contribution in [3.8, 4) is 0 Å². The number of carbonyl (C=O) groups is 4. The number of furan rings is 2. The molecule has 47 heavy (non-hydrogen) atoms. The Morgan fingerprint density at radius 1 is 0.702 bits per heavy atom. The lowest BCUT2D eigenvalue weighted by molar-refractivity contribution is -0.181. The number of esters is 4. The van der Waals surface area contributed by atoms with Gasteiger partial charge in [-0.2, -0.15) is 0 Å². The first-order valence-corrected chi connectivity index (χ1v) is 16.7. The summed E-state index contributed by atoms with van der Waals surface area (Å²) in [6.07, 6.45) is 11.7. The molecule has 0 bridgehead atoms. The van der Waals surface area contributed by atoms with Crippen molar-refractivity contribution < 1.29 is 47.0 Å². The maximum Gasteiger partial charge on any atom is 0.357 e. The number of aromatic amines is 2. The van der Waals surface area contributed by atoms with Crippen molar-refractivity contribution in [2.75, 3.05) is 0 Å². The number of hydrogen-bond donors (Lipinski definition) is 2. The number of hydrogen-bond acceptors (Lipinski definition) is 10. The molecule has 0 aliphatic heterocycles. The predicted molar refractivity (Wildman–Crippen MR) is 170 cm³/mol. The van der Waals surface area contributed by atoms with Crippen molar-refractivity contribution in [3.63, 3.8) is 0 Å². The molecule has 0 radical (unpaired) electrons. The minimum atomic E-state index is -0.887. The van der Waals surface area contributed by atoms with Crippen LogP contribution in [0.25, 0.3) is 22.2 Å². The third-order valence-corrected chi connectivity index (χ3v) is 8.62. The van der Waals surface area contributed by atoms with Crippen LogP contribution < -0.4 is 0 Å². The Kier molecular flexibility index (Phi) is 11.4. The molecule has 4 aromatic heterocycles. The topological polar surface area (TPSA) is 163 Å². The molecule has 2 unspecified atom stereocenters. The largest absolute Gasteiger partial charge is 0.463 e. The summed E-state index contributed by atoms with van der Waals surface area (Å²) in [6, 6.07) is 6.62. The van der Waals surface area contributed by atoms with E-state index < -0.39 is 24.5 Å². The van der Waals surface area contributed by atoms with Crippen LogP contribution in [0.3, 0.4) is 0 Å². The zero-order chi connectivity index (χ0) is 33.3. The van der Waals surface area contributed by atoms with Gasteiger partial charge in [-0.3, -0.25) is 9.59 Å². The van der Waals surface area contributed by atoms with Crippen molar-refractivity contribution in [2.45, 2.75) is 104 Å². The molecular weight excluding hydrogens is 608 g/mol. The van der Waals surface area contributed by atoms with E-state index in [1.165, 1.54) is 19.1 Å². The van der Waals surface area contributed by atoms with Gasteiger partial charge in [-0.1, -0.05) is 59.3 Å². The summed E-state index contributed by atoms with van der Waals surface area (Å²) in [5.74, 6) is -1.91. The van der Waals surface area contributed by atoms with E-state index in [1.54, 1.807) is 30.5 Å². The van der Waals surface area contributed by atoms with E-state index in [4.69, 9.17) is 27.8 Å². The summed E-state index contributed by atoms with van der Waals surface area (Å²) in [4.78, 5) is 54.7. The van der Waals surface area contributed by atoms with E-state index in [0.717, 1.165) is 62.4 Å². The summed E-state index contributed by atoms with van der Waals surface area (Å²) >= 11 is 0. The number of ether oxygens (including phenoxy) is 4. The van der Waals surface area contributed by atoms with E-state index in [2.05, 4.69) is 9.97 Å². The monoisotopic (exact) mass is 652 g/mol. The fourth-order valence-electron chi connectivity index (χ4n) is 5.87. The maximum absolute atomic E-state index is 12.3. The van der Waals surface area contributed by atoms with Gasteiger partial charge in [-0.25, -0.2) is 9.59 Å². The first-order valence-electron chi connectivity index (χ1n) is 16.7. The lowest BCUT2D eigenvalue weighted by Gasteiger charge is -2.25. The van der Waals surface area contributed by atoms with Crippen LogP contribution >= 0.6 is 0 Å². The van der Waals surface area contributed by atoms with Gasteiger partial charge in [0.05, 0.1) is 35.4 Å². The fraction of sp³-hybridized carbons (Fsp3) is 0.543. The molecule has 0 aromatic carbocycles. The quantitative estimate of drug-likeness (QED) is 0.128. The molecule has 6 rings (SSSR count). The second-order valence-corrected chi connectivity index (χ2v) is 12.6. The normalized spacial score (nSPS) is 17.1. The zero-order valence-electron chi connectivity index (χ0n) is 27.2. The van der Waals surface area contributed by atoms with E-state index in [1.807, 2.05) is 20.8 Å². The molecule has 12 heteroatoms. The Labute approximate surface area is 272 Å². The van der Waals surface area contributed by atoms with Gasteiger partial charge >= 0.3 is 23.9 Å². The average Bonchev–Trinajstić information content (AvgIpc) is 3.87. The minimum Gasteiger partial charge on any atom is -0.463 e. The Hall–Kier alpha value is -4.48. The Bertz CT molecular complexity index is 1570.